The molecule has 0 bridgehead atoms. The van der Waals surface area contributed by atoms with Crippen molar-refractivity contribution in [2.75, 3.05) is 6.61 Å². The Balaban J connectivity index is 1.75. The fourth-order valence-electron chi connectivity index (χ4n) is 7.92. The average Bonchev–Trinajstić information content (AvgIpc) is 3.09. The maximum atomic E-state index is 17.5. The Morgan fingerprint density at radius 2 is 2.00 bits per heavy atom. The molecule has 8 heteroatoms. The molecule has 0 heterocycles. The van der Waals surface area contributed by atoms with E-state index in [2.05, 4.69) is 0 Å². The van der Waals surface area contributed by atoms with Gasteiger partial charge in [-0.25, -0.2) is 4.39 Å². The first-order chi connectivity index (χ1) is 18.7. The number of ketones is 2. The van der Waals surface area contributed by atoms with Gasteiger partial charge >= 0.3 is 11.9 Å². The summed E-state index contributed by atoms with van der Waals surface area (Å²) in [6.45, 7) is 2.08. The number of fused-ring (bicyclic) bond motifs is 5. The largest absolute Gasteiger partial charge is 0.457 e. The van der Waals surface area contributed by atoms with Gasteiger partial charge in [0.15, 0.2) is 23.7 Å². The van der Waals surface area contributed by atoms with Crippen LogP contribution < -0.4 is 0 Å². The van der Waals surface area contributed by atoms with Crippen molar-refractivity contribution in [3.63, 3.8) is 0 Å². The number of aliphatic hydroxyl groups excluding tert-OH is 1. The lowest BCUT2D eigenvalue weighted by Gasteiger charge is -2.62. The van der Waals surface area contributed by atoms with E-state index >= 15 is 4.39 Å². The van der Waals surface area contributed by atoms with E-state index in [4.69, 9.17) is 16.3 Å². The zero-order valence-corrected chi connectivity index (χ0v) is 21.1. The van der Waals surface area contributed by atoms with Crippen LogP contribution in [-0.4, -0.2) is 52.6 Å². The zero-order valence-electron chi connectivity index (χ0n) is 26.1. The first-order valence-electron chi connectivity index (χ1n) is 15.0. The summed E-state index contributed by atoms with van der Waals surface area (Å²) in [6, 6.07) is 0. The monoisotopic (exact) mass is 509 g/mol. The molecule has 0 aromatic heterocycles. The lowest BCUT2D eigenvalue weighted by Crippen LogP contribution is -2.70. The lowest BCUT2D eigenvalue weighted by atomic mass is 9.44. The van der Waals surface area contributed by atoms with Gasteiger partial charge in [-0.1, -0.05) is 39.3 Å². The molecule has 8 atom stereocenters. The molecule has 3 saturated carbocycles. The molecule has 1 N–H and O–H groups in total. The van der Waals surface area contributed by atoms with Gasteiger partial charge in [0.25, 0.3) is 0 Å². The molecule has 0 aliphatic heterocycles. The third-order valence-electron chi connectivity index (χ3n) is 9.60. The van der Waals surface area contributed by atoms with Gasteiger partial charge in [-0.3, -0.25) is 19.2 Å². The van der Waals surface area contributed by atoms with Gasteiger partial charge in [0.05, 0.1) is 6.10 Å². The van der Waals surface area contributed by atoms with Crippen molar-refractivity contribution in [3.05, 3.63) is 23.8 Å². The van der Waals surface area contributed by atoms with Crippen LogP contribution in [0.4, 0.5) is 4.39 Å². The SMILES string of the molecule is [2H]C([2H])([2H])C([2H])([2H])C(=O)OCC(=O)[C@@]1(OC(=O)CC)[C@@H](C)CC2[C@@H]3CCC4=CC(=O)C=C[C@]4(C)[C@@]3(F)[C@@H](O)C[C@@]21C. The van der Waals surface area contributed by atoms with Crippen LogP contribution in [-0.2, 0) is 28.7 Å². The van der Waals surface area contributed by atoms with Gasteiger partial charge in [-0.05, 0) is 50.7 Å². The fourth-order valence-corrected chi connectivity index (χ4v) is 7.92. The molecule has 0 saturated heterocycles. The molecule has 1 unspecified atom stereocenters. The predicted molar refractivity (Wildman–Crippen MR) is 128 cm³/mol. The smallest absolute Gasteiger partial charge is 0.306 e. The van der Waals surface area contributed by atoms with Crippen LogP contribution in [0.2, 0.25) is 0 Å². The predicted octanol–water partition coefficient (Wildman–Crippen LogP) is 3.82. The number of allylic oxidation sites excluding steroid dienone is 4. The number of hydrogen-bond acceptors (Lipinski definition) is 7. The van der Waals surface area contributed by atoms with Crippen LogP contribution in [0.3, 0.4) is 0 Å². The van der Waals surface area contributed by atoms with Gasteiger partial charge in [0.1, 0.15) is 0 Å². The summed E-state index contributed by atoms with van der Waals surface area (Å²) in [5.41, 5.74) is -6.13. The second-order valence-electron chi connectivity index (χ2n) is 11.1. The third kappa shape index (κ3) is 3.39. The van der Waals surface area contributed by atoms with Crippen LogP contribution in [0.1, 0.15) is 79.9 Å². The summed E-state index contributed by atoms with van der Waals surface area (Å²) in [4.78, 5) is 51.2. The molecule has 0 aromatic rings. The van der Waals surface area contributed by atoms with Crippen molar-refractivity contribution in [1.29, 1.82) is 0 Å². The van der Waals surface area contributed by atoms with E-state index in [0.29, 0.717) is 12.0 Å². The van der Waals surface area contributed by atoms with E-state index in [1.54, 1.807) is 20.8 Å². The number of alkyl halides is 1. The highest BCUT2D eigenvalue weighted by atomic mass is 19.1. The van der Waals surface area contributed by atoms with Crippen molar-refractivity contribution >= 4 is 23.5 Å². The molecule has 0 amide bonds. The van der Waals surface area contributed by atoms with Crippen molar-refractivity contribution in [2.45, 2.75) is 90.4 Å². The molecule has 0 spiro atoms. The molecule has 0 radical (unpaired) electrons. The number of halogens is 1. The van der Waals surface area contributed by atoms with E-state index in [9.17, 15) is 24.3 Å². The van der Waals surface area contributed by atoms with Crippen molar-refractivity contribution in [1.82, 2.24) is 0 Å². The van der Waals surface area contributed by atoms with Crippen LogP contribution >= 0.6 is 0 Å². The number of Topliss-reactive ketones (excluding diaryl/α,β-unsaturated/α-hetero) is 1. The van der Waals surface area contributed by atoms with Crippen LogP contribution in [0, 0.1) is 28.6 Å². The first kappa shape index (κ1) is 20.7. The Morgan fingerprint density at radius 3 is 2.67 bits per heavy atom. The summed E-state index contributed by atoms with van der Waals surface area (Å²) in [5, 5.41) is 11.6. The van der Waals surface area contributed by atoms with Crippen LogP contribution in [0.15, 0.2) is 23.8 Å². The van der Waals surface area contributed by atoms with E-state index in [1.165, 1.54) is 25.2 Å². The molecule has 198 valence electrons. The van der Waals surface area contributed by atoms with E-state index in [-0.39, 0.29) is 31.5 Å². The maximum Gasteiger partial charge on any atom is 0.306 e. The highest BCUT2D eigenvalue weighted by Crippen LogP contribution is 2.71. The minimum atomic E-state index is -3.39. The first-order valence-corrected chi connectivity index (χ1v) is 12.5. The van der Waals surface area contributed by atoms with E-state index < -0.39 is 83.5 Å². The third-order valence-corrected chi connectivity index (χ3v) is 9.60. The van der Waals surface area contributed by atoms with Crippen LogP contribution in [0.25, 0.3) is 0 Å². The highest BCUT2D eigenvalue weighted by molar-refractivity contribution is 6.01. The fraction of sp³-hybridized carbons (Fsp3) is 0.714. The number of rotatable bonds is 6. The Bertz CT molecular complexity index is 1230. The lowest BCUT2D eigenvalue weighted by molar-refractivity contribution is -0.228. The quantitative estimate of drug-likeness (QED) is 0.543. The van der Waals surface area contributed by atoms with Crippen LogP contribution in [0.5, 0.6) is 0 Å². The summed E-state index contributed by atoms with van der Waals surface area (Å²) in [7, 11) is 0. The van der Waals surface area contributed by atoms with Crippen molar-refractivity contribution in [2.24, 2.45) is 28.6 Å². The summed E-state index contributed by atoms with van der Waals surface area (Å²) >= 11 is 0. The number of carbonyl (C=O) groups excluding carboxylic acids is 4. The Morgan fingerprint density at radius 1 is 1.28 bits per heavy atom. The molecule has 7 nitrogen and oxygen atoms in total. The molecule has 3 fully saturated rings. The zero-order chi connectivity index (χ0) is 31.0. The summed E-state index contributed by atoms with van der Waals surface area (Å²) < 4.78 is 65.4. The molecule has 0 aromatic carbocycles. The van der Waals surface area contributed by atoms with Gasteiger partial charge < -0.3 is 14.6 Å². The Labute approximate surface area is 218 Å². The summed E-state index contributed by atoms with van der Waals surface area (Å²) in [6.07, 6.45) is -0.255. The van der Waals surface area contributed by atoms with Crippen molar-refractivity contribution in [3.8, 4) is 0 Å². The summed E-state index contributed by atoms with van der Waals surface area (Å²) in [5.74, 6) is -5.69. The molecular weight excluding hydrogens is 467 g/mol. The topological polar surface area (TPSA) is 107 Å². The molecule has 4 aliphatic rings. The Kier molecular flexibility index (Phi) is 5.11. The average molecular weight is 510 g/mol. The number of carbonyl (C=O) groups is 4. The second-order valence-corrected chi connectivity index (χ2v) is 11.1. The minimum absolute atomic E-state index is 0.103. The van der Waals surface area contributed by atoms with E-state index in [0.717, 1.165) is 0 Å². The molecule has 4 aliphatic carbocycles. The number of ether oxygens (including phenoxy) is 2. The van der Waals surface area contributed by atoms with E-state index in [1.807, 2.05) is 0 Å². The number of aliphatic hydroxyl groups is 1. The van der Waals surface area contributed by atoms with Gasteiger partial charge in [-0.2, -0.15) is 0 Å². The molecular formula is C28H37FO7. The molecule has 4 rings (SSSR count). The molecule has 36 heavy (non-hydrogen) atoms. The minimum Gasteiger partial charge on any atom is -0.457 e. The number of hydrogen-bond donors (Lipinski definition) is 1. The van der Waals surface area contributed by atoms with Gasteiger partial charge in [-0.15, -0.1) is 0 Å². The second kappa shape index (κ2) is 8.89. The normalized spacial score (nSPS) is 45.9. The van der Waals surface area contributed by atoms with Crippen molar-refractivity contribution < 1.29 is 45.0 Å². The van der Waals surface area contributed by atoms with Gasteiger partial charge in [0.2, 0.25) is 5.78 Å². The maximum absolute atomic E-state index is 17.5. The highest BCUT2D eigenvalue weighted by Gasteiger charge is 2.77. The number of esters is 2. The standard InChI is InChI=1S/C28H37FO7/c1-6-23(33)35-15-22(32)28(36-24(34)7-2)16(3)12-20-19-9-8-17-13-18(30)10-11-25(17,4)27(19,29)21(31)14-26(20,28)5/h10-11,13,16,19-21,31H,6-9,12,14-15H2,1-5H3/t16-,19-,20?,21-,25-,26-,27-,28-/m0/s1/i1D3,6D2. The van der Waals surface area contributed by atoms with Gasteiger partial charge in [0, 0.05) is 42.3 Å². The Hall–Kier alpha value is -2.35.